The average Bonchev–Trinajstić information content (AvgIpc) is 3.15. The van der Waals surface area contributed by atoms with E-state index in [-0.39, 0.29) is 17.6 Å². The number of ether oxygens (including phenoxy) is 1. The molecule has 2 unspecified atom stereocenters. The third-order valence-corrected chi connectivity index (χ3v) is 3.69. The second kappa shape index (κ2) is 5.72. The van der Waals surface area contributed by atoms with Gasteiger partial charge in [0.15, 0.2) is 0 Å². The van der Waals surface area contributed by atoms with E-state index in [2.05, 4.69) is 15.3 Å². The smallest absolute Gasteiger partial charge is 0.271 e. The van der Waals surface area contributed by atoms with Gasteiger partial charge in [0.05, 0.1) is 22.0 Å². The quantitative estimate of drug-likeness (QED) is 0.661. The molecule has 1 aliphatic rings. The van der Waals surface area contributed by atoms with E-state index in [0.717, 1.165) is 12.8 Å². The van der Waals surface area contributed by atoms with Crippen LogP contribution in [0.4, 0.5) is 5.69 Å². The Morgan fingerprint density at radius 1 is 1.59 bits per heavy atom. The fraction of sp³-hybridized carbons (Fsp3) is 0.429. The minimum Gasteiger partial charge on any atom is -0.368 e. The van der Waals surface area contributed by atoms with Gasteiger partial charge in [0.1, 0.15) is 11.9 Å². The zero-order valence-electron chi connectivity index (χ0n) is 12.0. The van der Waals surface area contributed by atoms with Crippen molar-refractivity contribution in [2.75, 3.05) is 6.61 Å². The van der Waals surface area contributed by atoms with Crippen molar-refractivity contribution in [3.63, 3.8) is 0 Å². The summed E-state index contributed by atoms with van der Waals surface area (Å²) in [5, 5.41) is 13.6. The first-order valence-corrected chi connectivity index (χ1v) is 7.10. The summed E-state index contributed by atoms with van der Waals surface area (Å²) in [5.41, 5.74) is 1.19. The molecule has 8 heteroatoms. The van der Waals surface area contributed by atoms with E-state index >= 15 is 0 Å². The van der Waals surface area contributed by atoms with Crippen LogP contribution in [0.2, 0.25) is 0 Å². The first kappa shape index (κ1) is 14.5. The van der Waals surface area contributed by atoms with Gasteiger partial charge in [-0.3, -0.25) is 14.9 Å². The Hall–Kier alpha value is -2.48. The summed E-state index contributed by atoms with van der Waals surface area (Å²) in [6, 6.07) is 4.09. The van der Waals surface area contributed by atoms with E-state index < -0.39 is 11.0 Å². The van der Waals surface area contributed by atoms with E-state index in [1.807, 2.05) is 0 Å². The van der Waals surface area contributed by atoms with Gasteiger partial charge in [-0.05, 0) is 25.8 Å². The van der Waals surface area contributed by atoms with E-state index in [4.69, 9.17) is 4.74 Å². The van der Waals surface area contributed by atoms with E-state index in [0.29, 0.717) is 23.5 Å². The number of carbonyl (C=O) groups is 1. The highest BCUT2D eigenvalue weighted by Crippen LogP contribution is 2.21. The molecule has 2 N–H and O–H groups in total. The van der Waals surface area contributed by atoms with Crippen LogP contribution in [0.25, 0.3) is 11.0 Å². The lowest BCUT2D eigenvalue weighted by atomic mass is 10.2. The first-order chi connectivity index (χ1) is 10.5. The van der Waals surface area contributed by atoms with Gasteiger partial charge in [0.25, 0.3) is 5.69 Å². The normalized spacial score (nSPS) is 19.2. The maximum Gasteiger partial charge on any atom is 0.271 e. The number of fused-ring (bicyclic) bond motifs is 1. The number of aromatic nitrogens is 2. The second-order valence-corrected chi connectivity index (χ2v) is 5.31. The maximum atomic E-state index is 12.0. The number of nitrogens with zero attached hydrogens (tertiary/aromatic N) is 2. The second-order valence-electron chi connectivity index (χ2n) is 5.31. The van der Waals surface area contributed by atoms with Gasteiger partial charge in [-0.1, -0.05) is 0 Å². The van der Waals surface area contributed by atoms with Crippen LogP contribution < -0.4 is 5.32 Å². The first-order valence-electron chi connectivity index (χ1n) is 7.10. The molecule has 8 nitrogen and oxygen atoms in total. The molecule has 1 aliphatic heterocycles. The highest BCUT2D eigenvalue weighted by atomic mass is 16.6. The molecule has 3 rings (SSSR count). The fourth-order valence-corrected chi connectivity index (χ4v) is 2.50. The van der Waals surface area contributed by atoms with E-state index in [9.17, 15) is 14.9 Å². The molecule has 0 aliphatic carbocycles. The number of benzene rings is 1. The van der Waals surface area contributed by atoms with Crippen molar-refractivity contribution in [1.29, 1.82) is 0 Å². The highest BCUT2D eigenvalue weighted by Gasteiger charge is 2.25. The van der Waals surface area contributed by atoms with Crippen LogP contribution in [0, 0.1) is 10.1 Å². The summed E-state index contributed by atoms with van der Waals surface area (Å²) in [5.74, 6) is 0.401. The van der Waals surface area contributed by atoms with E-state index in [1.165, 1.54) is 12.1 Å². The monoisotopic (exact) mass is 304 g/mol. The lowest BCUT2D eigenvalue weighted by Crippen LogP contribution is -2.36. The number of carbonyl (C=O) groups excluding carboxylic acids is 1. The minimum atomic E-state index is -0.456. The molecule has 116 valence electrons. The third-order valence-electron chi connectivity index (χ3n) is 3.69. The summed E-state index contributed by atoms with van der Waals surface area (Å²) < 4.78 is 5.33. The summed E-state index contributed by atoms with van der Waals surface area (Å²) >= 11 is 0. The van der Waals surface area contributed by atoms with Gasteiger partial charge < -0.3 is 15.0 Å². The van der Waals surface area contributed by atoms with Crippen LogP contribution in [0.15, 0.2) is 18.2 Å². The molecule has 0 radical (unpaired) electrons. The number of H-pyrrole nitrogens is 1. The zero-order valence-corrected chi connectivity index (χ0v) is 12.0. The molecule has 1 fully saturated rings. The lowest BCUT2D eigenvalue weighted by Gasteiger charge is -2.14. The molecular weight excluding hydrogens is 288 g/mol. The molecule has 2 atom stereocenters. The Morgan fingerprint density at radius 3 is 3.09 bits per heavy atom. The predicted molar refractivity (Wildman–Crippen MR) is 78.3 cm³/mol. The summed E-state index contributed by atoms with van der Waals surface area (Å²) in [6.45, 7) is 2.42. The average molecular weight is 304 g/mol. The van der Waals surface area contributed by atoms with Crippen LogP contribution in [0.3, 0.4) is 0 Å². The van der Waals surface area contributed by atoms with Gasteiger partial charge >= 0.3 is 0 Å². The van der Waals surface area contributed by atoms with Crippen molar-refractivity contribution in [2.45, 2.75) is 31.9 Å². The summed E-state index contributed by atoms with van der Waals surface area (Å²) in [6.07, 6.45) is 1.22. The number of non-ortho nitro benzene ring substituents is 1. The van der Waals surface area contributed by atoms with Crippen molar-refractivity contribution >= 4 is 22.6 Å². The van der Waals surface area contributed by atoms with Gasteiger partial charge in [-0.15, -0.1) is 0 Å². The van der Waals surface area contributed by atoms with Gasteiger partial charge in [-0.2, -0.15) is 0 Å². The topological polar surface area (TPSA) is 110 Å². The Bertz CT molecular complexity index is 721. The minimum absolute atomic E-state index is 0.00116. The van der Waals surface area contributed by atoms with Crippen LogP contribution in [0.1, 0.15) is 31.6 Å². The summed E-state index contributed by atoms with van der Waals surface area (Å²) in [4.78, 5) is 29.7. The van der Waals surface area contributed by atoms with Gasteiger partial charge in [0.2, 0.25) is 5.91 Å². The van der Waals surface area contributed by atoms with Gasteiger partial charge in [-0.25, -0.2) is 4.98 Å². The number of amides is 1. The number of nitrogens with one attached hydrogen (secondary N) is 2. The predicted octanol–water partition coefficient (Wildman–Crippen LogP) is 1.83. The number of nitro benzene ring substituents is 1. The molecule has 0 bridgehead atoms. The lowest BCUT2D eigenvalue weighted by molar-refractivity contribution is -0.384. The molecule has 2 aromatic rings. The molecular formula is C14H16N4O4. The molecule has 1 aromatic carbocycles. The van der Waals surface area contributed by atoms with Crippen molar-refractivity contribution in [2.24, 2.45) is 0 Å². The molecule has 0 saturated carbocycles. The Morgan fingerprint density at radius 2 is 2.41 bits per heavy atom. The zero-order chi connectivity index (χ0) is 15.7. The number of aromatic amines is 1. The summed E-state index contributed by atoms with van der Waals surface area (Å²) in [7, 11) is 0. The van der Waals surface area contributed by atoms with Crippen LogP contribution >= 0.6 is 0 Å². The number of nitro groups is 1. The SMILES string of the molecule is CC(NC(=O)C1CCCO1)c1nc2ccc([N+](=O)[O-])cc2[nH]1. The molecule has 1 saturated heterocycles. The highest BCUT2D eigenvalue weighted by molar-refractivity contribution is 5.82. The Balaban J connectivity index is 1.77. The fourth-order valence-electron chi connectivity index (χ4n) is 2.50. The van der Waals surface area contributed by atoms with Crippen molar-refractivity contribution in [3.8, 4) is 0 Å². The maximum absolute atomic E-state index is 12.0. The van der Waals surface area contributed by atoms with Crippen molar-refractivity contribution in [1.82, 2.24) is 15.3 Å². The number of imidazole rings is 1. The standard InChI is InChI=1S/C14H16N4O4/c1-8(15-14(19)12-3-2-6-22-12)13-16-10-5-4-9(18(20)21)7-11(10)17-13/h4-5,7-8,12H,2-3,6H2,1H3,(H,15,19)(H,16,17). The van der Waals surface area contributed by atoms with Gasteiger partial charge in [0, 0.05) is 18.7 Å². The Labute approximate surface area is 126 Å². The number of hydrogen-bond acceptors (Lipinski definition) is 5. The molecule has 2 heterocycles. The molecule has 1 aromatic heterocycles. The Kier molecular flexibility index (Phi) is 3.76. The number of rotatable bonds is 4. The number of hydrogen-bond donors (Lipinski definition) is 2. The molecule has 1 amide bonds. The van der Waals surface area contributed by atoms with Crippen LogP contribution in [-0.4, -0.2) is 33.5 Å². The largest absolute Gasteiger partial charge is 0.368 e. The van der Waals surface area contributed by atoms with Crippen molar-refractivity contribution in [3.05, 3.63) is 34.1 Å². The van der Waals surface area contributed by atoms with E-state index in [1.54, 1.807) is 13.0 Å². The van der Waals surface area contributed by atoms with Crippen molar-refractivity contribution < 1.29 is 14.5 Å². The molecule has 0 spiro atoms. The van der Waals surface area contributed by atoms with Crippen LogP contribution in [-0.2, 0) is 9.53 Å². The molecule has 22 heavy (non-hydrogen) atoms. The van der Waals surface area contributed by atoms with Crippen LogP contribution in [0.5, 0.6) is 0 Å². The third kappa shape index (κ3) is 2.77.